The summed E-state index contributed by atoms with van der Waals surface area (Å²) in [6.07, 6.45) is 6.64. The molecule has 1 aliphatic heterocycles. The second kappa shape index (κ2) is 6.26. The minimum Gasteiger partial charge on any atom is -0.241 e. The fourth-order valence-corrected chi connectivity index (χ4v) is 5.75. The molecule has 0 spiro atoms. The quantitative estimate of drug-likeness (QED) is 0.855. The molecule has 2 aromatic rings. The molecule has 6 heteroatoms. The summed E-state index contributed by atoms with van der Waals surface area (Å²) in [6, 6.07) is 10.6. The van der Waals surface area contributed by atoms with Gasteiger partial charge in [0.2, 0.25) is 10.0 Å². The van der Waals surface area contributed by atoms with Crippen LogP contribution in [0.5, 0.6) is 0 Å². The van der Waals surface area contributed by atoms with Gasteiger partial charge in [-0.05, 0) is 48.8 Å². The van der Waals surface area contributed by atoms with Crippen molar-refractivity contribution in [3.63, 3.8) is 0 Å². The van der Waals surface area contributed by atoms with Crippen LogP contribution in [0.4, 0.5) is 0 Å². The summed E-state index contributed by atoms with van der Waals surface area (Å²) in [6.45, 7) is 1.27. The molecule has 0 radical (unpaired) electrons. The maximum absolute atomic E-state index is 12.8. The zero-order valence-corrected chi connectivity index (χ0v) is 14.3. The van der Waals surface area contributed by atoms with Gasteiger partial charge in [0.05, 0.1) is 4.90 Å². The average Bonchev–Trinajstić information content (AvgIpc) is 3.19. The molecule has 1 saturated carbocycles. The van der Waals surface area contributed by atoms with Crippen molar-refractivity contribution in [1.82, 2.24) is 14.3 Å². The standard InChI is InChI=1S/C18H21N3O2S/c22-24(23,16-5-2-1-3-6-16)21-12-15-8-7-14(17(15)13-21)11-18-19-9-4-10-20-18/h1-6,9-10,14-15,17H,7-8,11-13H2/t14-,15-,17-/m1/s1. The molecule has 4 rings (SSSR count). The second-order valence-electron chi connectivity index (χ2n) is 6.77. The van der Waals surface area contributed by atoms with Crippen LogP contribution in [0, 0.1) is 17.8 Å². The Morgan fingerprint density at radius 1 is 1.00 bits per heavy atom. The van der Waals surface area contributed by atoms with Crippen molar-refractivity contribution in [1.29, 1.82) is 0 Å². The van der Waals surface area contributed by atoms with Crippen LogP contribution in [-0.4, -0.2) is 35.8 Å². The van der Waals surface area contributed by atoms with Crippen LogP contribution in [0.25, 0.3) is 0 Å². The molecular formula is C18H21N3O2S. The van der Waals surface area contributed by atoms with E-state index in [0.717, 1.165) is 25.1 Å². The summed E-state index contributed by atoms with van der Waals surface area (Å²) < 4.78 is 27.3. The predicted molar refractivity (Wildman–Crippen MR) is 90.6 cm³/mol. The van der Waals surface area contributed by atoms with Gasteiger partial charge in [-0.1, -0.05) is 18.2 Å². The molecule has 2 heterocycles. The van der Waals surface area contributed by atoms with Crippen LogP contribution in [0.2, 0.25) is 0 Å². The number of benzene rings is 1. The van der Waals surface area contributed by atoms with Crippen molar-refractivity contribution in [2.45, 2.75) is 24.2 Å². The molecule has 0 unspecified atom stereocenters. The van der Waals surface area contributed by atoms with Crippen molar-refractivity contribution >= 4 is 10.0 Å². The predicted octanol–water partition coefficient (Wildman–Crippen LogP) is 2.37. The summed E-state index contributed by atoms with van der Waals surface area (Å²) in [7, 11) is -3.37. The number of rotatable bonds is 4. The number of fused-ring (bicyclic) bond motifs is 1. The van der Waals surface area contributed by atoms with Crippen molar-refractivity contribution in [2.24, 2.45) is 17.8 Å². The summed E-state index contributed by atoms with van der Waals surface area (Å²) >= 11 is 0. The Kier molecular flexibility index (Phi) is 4.10. The molecule has 5 nitrogen and oxygen atoms in total. The van der Waals surface area contributed by atoms with Crippen LogP contribution in [0.1, 0.15) is 18.7 Å². The van der Waals surface area contributed by atoms with E-state index in [4.69, 9.17) is 0 Å². The molecule has 2 aliphatic rings. The Labute approximate surface area is 142 Å². The van der Waals surface area contributed by atoms with E-state index < -0.39 is 10.0 Å². The molecule has 1 aromatic carbocycles. The molecular weight excluding hydrogens is 322 g/mol. The molecule has 0 bridgehead atoms. The highest BCUT2D eigenvalue weighted by Crippen LogP contribution is 2.44. The molecule has 0 N–H and O–H groups in total. The first kappa shape index (κ1) is 15.7. The lowest BCUT2D eigenvalue weighted by molar-refractivity contribution is 0.354. The van der Waals surface area contributed by atoms with Crippen LogP contribution in [-0.2, 0) is 16.4 Å². The zero-order chi connectivity index (χ0) is 16.6. The van der Waals surface area contributed by atoms with Crippen molar-refractivity contribution in [3.05, 3.63) is 54.6 Å². The molecule has 2 fully saturated rings. The normalized spacial score (nSPS) is 27.2. The summed E-state index contributed by atoms with van der Waals surface area (Å²) in [5.41, 5.74) is 0. The molecule has 0 amide bonds. The molecule has 1 aromatic heterocycles. The van der Waals surface area contributed by atoms with Crippen LogP contribution in [0.3, 0.4) is 0 Å². The lowest BCUT2D eigenvalue weighted by Gasteiger charge is -2.20. The first-order valence-corrected chi connectivity index (χ1v) is 9.89. The molecule has 1 saturated heterocycles. The highest BCUT2D eigenvalue weighted by Gasteiger charge is 2.46. The highest BCUT2D eigenvalue weighted by atomic mass is 32.2. The fourth-order valence-electron chi connectivity index (χ4n) is 4.20. The largest absolute Gasteiger partial charge is 0.243 e. The van der Waals surface area contributed by atoms with Crippen LogP contribution in [0.15, 0.2) is 53.7 Å². The van der Waals surface area contributed by atoms with E-state index in [1.54, 1.807) is 41.0 Å². The number of hydrogen-bond donors (Lipinski definition) is 0. The second-order valence-corrected chi connectivity index (χ2v) is 8.70. The minimum atomic E-state index is -3.37. The van der Waals surface area contributed by atoms with E-state index in [0.29, 0.717) is 35.7 Å². The Morgan fingerprint density at radius 2 is 1.75 bits per heavy atom. The molecule has 24 heavy (non-hydrogen) atoms. The Balaban J connectivity index is 1.50. The van der Waals surface area contributed by atoms with Crippen molar-refractivity contribution < 1.29 is 8.42 Å². The monoisotopic (exact) mass is 343 g/mol. The lowest BCUT2D eigenvalue weighted by Crippen LogP contribution is -2.30. The van der Waals surface area contributed by atoms with Gasteiger partial charge in [-0.2, -0.15) is 4.31 Å². The highest BCUT2D eigenvalue weighted by molar-refractivity contribution is 7.89. The smallest absolute Gasteiger partial charge is 0.241 e. The Hall–Kier alpha value is -1.79. The van der Waals surface area contributed by atoms with Gasteiger partial charge in [-0.25, -0.2) is 18.4 Å². The average molecular weight is 343 g/mol. The van der Waals surface area contributed by atoms with Crippen molar-refractivity contribution in [2.75, 3.05) is 13.1 Å². The van der Waals surface area contributed by atoms with Crippen LogP contribution >= 0.6 is 0 Å². The van der Waals surface area contributed by atoms with E-state index in [1.807, 2.05) is 12.1 Å². The SMILES string of the molecule is O=S(=O)(c1ccccc1)N1C[C@H]2CC[C@H](Cc3ncccn3)[C@H]2C1. The maximum atomic E-state index is 12.8. The van der Waals surface area contributed by atoms with Gasteiger partial charge in [0.25, 0.3) is 0 Å². The van der Waals surface area contributed by atoms with E-state index in [1.165, 1.54) is 0 Å². The first-order chi connectivity index (χ1) is 11.6. The molecule has 3 atom stereocenters. The summed E-state index contributed by atoms with van der Waals surface area (Å²) in [5, 5.41) is 0. The van der Waals surface area contributed by atoms with E-state index in [9.17, 15) is 8.42 Å². The van der Waals surface area contributed by atoms with Gasteiger partial charge >= 0.3 is 0 Å². The van der Waals surface area contributed by atoms with Gasteiger partial charge in [0.1, 0.15) is 5.82 Å². The first-order valence-electron chi connectivity index (χ1n) is 8.45. The minimum absolute atomic E-state index is 0.396. The number of aromatic nitrogens is 2. The van der Waals surface area contributed by atoms with E-state index >= 15 is 0 Å². The lowest BCUT2D eigenvalue weighted by atomic mass is 9.90. The van der Waals surface area contributed by atoms with Gasteiger partial charge in [0.15, 0.2) is 0 Å². The zero-order valence-electron chi connectivity index (χ0n) is 13.5. The fraction of sp³-hybridized carbons (Fsp3) is 0.444. The van der Waals surface area contributed by atoms with E-state index in [-0.39, 0.29) is 0 Å². The Morgan fingerprint density at radius 3 is 2.50 bits per heavy atom. The maximum Gasteiger partial charge on any atom is 0.243 e. The third-order valence-electron chi connectivity index (χ3n) is 5.42. The summed E-state index contributed by atoms with van der Waals surface area (Å²) in [4.78, 5) is 9.05. The number of sulfonamides is 1. The Bertz CT molecular complexity index is 796. The molecule has 126 valence electrons. The topological polar surface area (TPSA) is 63.2 Å². The van der Waals surface area contributed by atoms with E-state index in [2.05, 4.69) is 9.97 Å². The third-order valence-corrected chi connectivity index (χ3v) is 7.26. The number of hydrogen-bond acceptors (Lipinski definition) is 4. The van der Waals surface area contributed by atoms with Gasteiger partial charge in [0, 0.05) is 31.9 Å². The summed E-state index contributed by atoms with van der Waals surface area (Å²) in [5.74, 6) is 2.24. The van der Waals surface area contributed by atoms with Gasteiger partial charge in [-0.15, -0.1) is 0 Å². The molecule has 1 aliphatic carbocycles. The third kappa shape index (κ3) is 2.84. The number of nitrogens with zero attached hydrogens (tertiary/aromatic N) is 3. The van der Waals surface area contributed by atoms with Crippen molar-refractivity contribution in [3.8, 4) is 0 Å². The van der Waals surface area contributed by atoms with Gasteiger partial charge in [-0.3, -0.25) is 0 Å². The van der Waals surface area contributed by atoms with Gasteiger partial charge < -0.3 is 0 Å². The van der Waals surface area contributed by atoms with Crippen LogP contribution < -0.4 is 0 Å².